The summed E-state index contributed by atoms with van der Waals surface area (Å²) >= 11 is 3.33. The summed E-state index contributed by atoms with van der Waals surface area (Å²) in [5, 5.41) is 2.49. The lowest BCUT2D eigenvalue weighted by Crippen LogP contribution is -2.39. The Kier molecular flexibility index (Phi) is 4.45. The molecule has 16 heavy (non-hydrogen) atoms. The number of carbonyl (C=O) groups excluding carboxylic acids is 2. The van der Waals surface area contributed by atoms with Crippen LogP contribution in [0, 0.1) is 0 Å². The second-order valence-corrected chi connectivity index (χ2v) is 4.00. The van der Waals surface area contributed by atoms with Gasteiger partial charge in [-0.15, -0.1) is 0 Å². The van der Waals surface area contributed by atoms with Crippen LogP contribution in [0.2, 0.25) is 0 Å². The molecule has 1 rings (SSSR count). The van der Waals surface area contributed by atoms with Crippen LogP contribution in [0.3, 0.4) is 0 Å². The van der Waals surface area contributed by atoms with E-state index in [9.17, 15) is 9.59 Å². The Balaban J connectivity index is 2.89. The highest BCUT2D eigenvalue weighted by Gasteiger charge is 2.13. The van der Waals surface area contributed by atoms with Crippen LogP contribution in [0.4, 0.5) is 5.69 Å². The first kappa shape index (κ1) is 12.7. The van der Waals surface area contributed by atoms with Crippen LogP contribution in [0.1, 0.15) is 12.5 Å². The van der Waals surface area contributed by atoms with Gasteiger partial charge >= 0.3 is 11.8 Å². The van der Waals surface area contributed by atoms with Crippen molar-refractivity contribution in [3.05, 3.63) is 28.2 Å². The van der Waals surface area contributed by atoms with E-state index in [1.165, 1.54) is 0 Å². The van der Waals surface area contributed by atoms with Crippen LogP contribution >= 0.6 is 15.9 Å². The first-order valence-corrected chi connectivity index (χ1v) is 5.48. The molecule has 0 fully saturated rings. The fourth-order valence-corrected chi connectivity index (χ4v) is 1.63. The summed E-state index contributed by atoms with van der Waals surface area (Å²) < 4.78 is 0.922. The first-order chi connectivity index (χ1) is 7.58. The summed E-state index contributed by atoms with van der Waals surface area (Å²) in [6, 6.07) is 5.40. The lowest BCUT2D eigenvalue weighted by atomic mass is 10.1. The number of nitrogens with two attached hydrogens (primary N) is 1. The molecular weight excluding hydrogens is 274 g/mol. The minimum atomic E-state index is -0.870. The highest BCUT2D eigenvalue weighted by atomic mass is 79.9. The third-order valence-electron chi connectivity index (χ3n) is 2.03. The number of amides is 2. The van der Waals surface area contributed by atoms with Gasteiger partial charge in [-0.25, -0.2) is 5.84 Å². The number of aryl methyl sites for hydroxylation is 1. The molecule has 0 spiro atoms. The molecule has 0 atom stereocenters. The molecule has 5 nitrogen and oxygen atoms in total. The summed E-state index contributed by atoms with van der Waals surface area (Å²) in [6.45, 7) is 1.96. The molecule has 0 radical (unpaired) electrons. The highest BCUT2D eigenvalue weighted by Crippen LogP contribution is 2.21. The van der Waals surface area contributed by atoms with Crippen molar-refractivity contribution in [2.45, 2.75) is 13.3 Å². The molecular formula is C10H12BrN3O2. The molecule has 0 saturated carbocycles. The number of halogens is 1. The molecule has 0 aromatic heterocycles. The Morgan fingerprint density at radius 1 is 1.38 bits per heavy atom. The average molecular weight is 286 g/mol. The van der Waals surface area contributed by atoms with E-state index in [1.54, 1.807) is 17.6 Å². The number of anilines is 1. The van der Waals surface area contributed by atoms with E-state index in [-0.39, 0.29) is 0 Å². The van der Waals surface area contributed by atoms with Crippen molar-refractivity contribution < 1.29 is 9.59 Å². The topological polar surface area (TPSA) is 84.2 Å². The zero-order chi connectivity index (χ0) is 12.1. The van der Waals surface area contributed by atoms with E-state index in [1.807, 2.05) is 13.0 Å². The fraction of sp³-hybridized carbons (Fsp3) is 0.200. The van der Waals surface area contributed by atoms with Crippen LogP contribution in [-0.4, -0.2) is 11.8 Å². The summed E-state index contributed by atoms with van der Waals surface area (Å²) in [5.74, 6) is 3.20. The molecule has 86 valence electrons. The minimum absolute atomic E-state index is 0.610. The van der Waals surface area contributed by atoms with Crippen molar-refractivity contribution in [2.75, 3.05) is 5.32 Å². The lowest BCUT2D eigenvalue weighted by Gasteiger charge is -2.09. The monoisotopic (exact) mass is 285 g/mol. The predicted molar refractivity (Wildman–Crippen MR) is 64.5 cm³/mol. The van der Waals surface area contributed by atoms with Crippen LogP contribution in [0.25, 0.3) is 0 Å². The van der Waals surface area contributed by atoms with E-state index in [0.717, 1.165) is 16.5 Å². The Morgan fingerprint density at radius 2 is 2.06 bits per heavy atom. The second-order valence-electron chi connectivity index (χ2n) is 3.08. The molecule has 0 unspecified atom stereocenters. The zero-order valence-corrected chi connectivity index (χ0v) is 10.3. The number of carbonyl (C=O) groups is 2. The fourth-order valence-electron chi connectivity index (χ4n) is 1.22. The van der Waals surface area contributed by atoms with Gasteiger partial charge in [-0.05, 0) is 30.2 Å². The van der Waals surface area contributed by atoms with Crippen LogP contribution in [0.15, 0.2) is 22.7 Å². The van der Waals surface area contributed by atoms with Gasteiger partial charge in [-0.3, -0.25) is 15.0 Å². The molecule has 6 heteroatoms. The smallest absolute Gasteiger partial charge is 0.317 e. The van der Waals surface area contributed by atoms with Gasteiger partial charge in [0.1, 0.15) is 0 Å². The molecule has 0 heterocycles. The molecule has 0 bridgehead atoms. The van der Waals surface area contributed by atoms with Crippen molar-refractivity contribution in [2.24, 2.45) is 5.84 Å². The van der Waals surface area contributed by atoms with E-state index < -0.39 is 11.8 Å². The number of hydrazine groups is 1. The number of rotatable bonds is 2. The van der Waals surface area contributed by atoms with Gasteiger partial charge < -0.3 is 5.32 Å². The van der Waals surface area contributed by atoms with Gasteiger partial charge in [0.15, 0.2) is 0 Å². The predicted octanol–water partition coefficient (Wildman–Crippen LogP) is 0.940. The van der Waals surface area contributed by atoms with Crippen molar-refractivity contribution in [3.8, 4) is 0 Å². The standard InChI is InChI=1S/C10H12BrN3O2/c1-2-6-5-7(11)3-4-8(6)13-9(15)10(16)14-12/h3-5H,2,12H2,1H3,(H,13,15)(H,14,16). The summed E-state index contributed by atoms with van der Waals surface area (Å²) in [7, 11) is 0. The van der Waals surface area contributed by atoms with Crippen molar-refractivity contribution in [3.63, 3.8) is 0 Å². The average Bonchev–Trinajstić information content (AvgIpc) is 2.30. The first-order valence-electron chi connectivity index (χ1n) is 4.68. The molecule has 2 amide bonds. The van der Waals surface area contributed by atoms with Crippen molar-refractivity contribution in [1.82, 2.24) is 5.43 Å². The number of benzene rings is 1. The normalized spacial score (nSPS) is 9.69. The Hall–Kier alpha value is -1.40. The van der Waals surface area contributed by atoms with Crippen LogP contribution in [0.5, 0.6) is 0 Å². The molecule has 0 aliphatic carbocycles. The summed E-state index contributed by atoms with van der Waals surface area (Å²) in [4.78, 5) is 22.2. The van der Waals surface area contributed by atoms with Gasteiger partial charge in [0.25, 0.3) is 0 Å². The highest BCUT2D eigenvalue weighted by molar-refractivity contribution is 9.10. The molecule has 0 saturated heterocycles. The summed E-state index contributed by atoms with van der Waals surface area (Å²) in [5.41, 5.74) is 3.32. The van der Waals surface area contributed by atoms with Crippen LogP contribution < -0.4 is 16.6 Å². The molecule has 1 aromatic carbocycles. The van der Waals surface area contributed by atoms with Gasteiger partial charge in [0.05, 0.1) is 0 Å². The Morgan fingerprint density at radius 3 is 2.62 bits per heavy atom. The number of hydrogen-bond acceptors (Lipinski definition) is 3. The second kappa shape index (κ2) is 5.62. The molecule has 4 N–H and O–H groups in total. The van der Waals surface area contributed by atoms with Crippen molar-refractivity contribution in [1.29, 1.82) is 0 Å². The van der Waals surface area contributed by atoms with E-state index in [0.29, 0.717) is 5.69 Å². The summed E-state index contributed by atoms with van der Waals surface area (Å²) in [6.07, 6.45) is 0.749. The quantitative estimate of drug-likeness (QED) is 0.327. The van der Waals surface area contributed by atoms with E-state index in [2.05, 4.69) is 21.2 Å². The molecule has 0 aliphatic rings. The minimum Gasteiger partial charge on any atom is -0.317 e. The van der Waals surface area contributed by atoms with Crippen molar-refractivity contribution >= 4 is 33.4 Å². The van der Waals surface area contributed by atoms with Gasteiger partial charge in [-0.2, -0.15) is 0 Å². The maximum absolute atomic E-state index is 11.3. The molecule has 1 aromatic rings. The SMILES string of the molecule is CCc1cc(Br)ccc1NC(=O)C(=O)NN. The van der Waals surface area contributed by atoms with E-state index in [4.69, 9.17) is 5.84 Å². The van der Waals surface area contributed by atoms with E-state index >= 15 is 0 Å². The lowest BCUT2D eigenvalue weighted by molar-refractivity contribution is -0.136. The maximum atomic E-state index is 11.3. The Labute approximate surface area is 101 Å². The third kappa shape index (κ3) is 3.04. The van der Waals surface area contributed by atoms with Gasteiger partial charge in [0, 0.05) is 10.2 Å². The molecule has 0 aliphatic heterocycles. The number of nitrogens with one attached hydrogen (secondary N) is 2. The Bertz CT molecular complexity index is 421. The number of hydrogen-bond donors (Lipinski definition) is 3. The largest absolute Gasteiger partial charge is 0.323 e. The van der Waals surface area contributed by atoms with Crippen LogP contribution in [-0.2, 0) is 16.0 Å². The maximum Gasteiger partial charge on any atom is 0.323 e. The van der Waals surface area contributed by atoms with Gasteiger partial charge in [-0.1, -0.05) is 22.9 Å². The third-order valence-corrected chi connectivity index (χ3v) is 2.53. The van der Waals surface area contributed by atoms with Gasteiger partial charge in [0.2, 0.25) is 0 Å². The zero-order valence-electron chi connectivity index (χ0n) is 8.71.